The second-order valence-electron chi connectivity index (χ2n) is 5.54. The first-order valence-corrected chi connectivity index (χ1v) is 7.96. The predicted molar refractivity (Wildman–Crippen MR) is 89.6 cm³/mol. The number of hydrogen-bond acceptors (Lipinski definition) is 2. The molecule has 0 saturated carbocycles. The number of benzene rings is 2. The Bertz CT molecular complexity index is 589. The van der Waals surface area contributed by atoms with Gasteiger partial charge in [-0.3, -0.25) is 0 Å². The van der Waals surface area contributed by atoms with E-state index in [-0.39, 0.29) is 0 Å². The van der Waals surface area contributed by atoms with Crippen LogP contribution < -0.4 is 4.74 Å². The predicted octanol–water partition coefficient (Wildman–Crippen LogP) is 5.20. The molecule has 2 aromatic rings. The molecule has 0 aliphatic heterocycles. The summed E-state index contributed by atoms with van der Waals surface area (Å²) in [7, 11) is 0. The second kappa shape index (κ2) is 7.10. The van der Waals surface area contributed by atoms with E-state index in [2.05, 4.69) is 54.0 Å². The molecule has 0 saturated heterocycles. The lowest BCUT2D eigenvalue weighted by Gasteiger charge is -2.14. The van der Waals surface area contributed by atoms with Gasteiger partial charge in [-0.25, -0.2) is 0 Å². The van der Waals surface area contributed by atoms with Crippen molar-refractivity contribution < 1.29 is 9.84 Å². The van der Waals surface area contributed by atoms with Crippen LogP contribution in [0.25, 0.3) is 0 Å². The van der Waals surface area contributed by atoms with Crippen LogP contribution in [0.15, 0.2) is 46.9 Å². The lowest BCUT2D eigenvalue weighted by Crippen LogP contribution is -2.01. The summed E-state index contributed by atoms with van der Waals surface area (Å²) in [6.07, 6.45) is -0.545. The molecule has 0 heterocycles. The molecule has 0 radical (unpaired) electrons. The van der Waals surface area contributed by atoms with E-state index in [0.29, 0.717) is 18.3 Å². The van der Waals surface area contributed by atoms with E-state index in [9.17, 15) is 5.11 Å². The maximum absolute atomic E-state index is 9.79. The van der Waals surface area contributed by atoms with Crippen molar-refractivity contribution in [1.82, 2.24) is 0 Å². The molecule has 0 spiro atoms. The molecule has 0 amide bonds. The molecule has 0 aliphatic rings. The fourth-order valence-electron chi connectivity index (χ4n) is 2.14. The summed E-state index contributed by atoms with van der Waals surface area (Å²) >= 11 is 3.44. The van der Waals surface area contributed by atoms with E-state index in [1.165, 1.54) is 5.56 Å². The van der Waals surface area contributed by atoms with Crippen molar-refractivity contribution in [2.24, 2.45) is 0 Å². The van der Waals surface area contributed by atoms with Crippen LogP contribution in [0, 0.1) is 0 Å². The fraction of sp³-hybridized carbons (Fsp3) is 0.333. The Balaban J connectivity index is 2.10. The van der Waals surface area contributed by atoms with Gasteiger partial charge in [0.25, 0.3) is 0 Å². The van der Waals surface area contributed by atoms with Crippen LogP contribution >= 0.6 is 15.9 Å². The van der Waals surface area contributed by atoms with Gasteiger partial charge >= 0.3 is 0 Å². The van der Waals surface area contributed by atoms with Crippen LogP contribution in [0.2, 0.25) is 0 Å². The first kappa shape index (κ1) is 16.1. The van der Waals surface area contributed by atoms with E-state index in [1.54, 1.807) is 6.92 Å². The van der Waals surface area contributed by atoms with Gasteiger partial charge in [0, 0.05) is 10.0 Å². The van der Waals surface area contributed by atoms with Crippen LogP contribution in [-0.4, -0.2) is 5.11 Å². The highest BCUT2D eigenvalue weighted by molar-refractivity contribution is 9.10. The van der Waals surface area contributed by atoms with E-state index >= 15 is 0 Å². The molecule has 1 N–H and O–H groups in total. The smallest absolute Gasteiger partial charge is 0.126 e. The van der Waals surface area contributed by atoms with Crippen molar-refractivity contribution in [3.8, 4) is 5.75 Å². The van der Waals surface area contributed by atoms with Gasteiger partial charge in [-0.15, -0.1) is 0 Å². The van der Waals surface area contributed by atoms with Gasteiger partial charge in [-0.1, -0.05) is 60.1 Å². The summed E-state index contributed by atoms with van der Waals surface area (Å²) in [5, 5.41) is 9.79. The van der Waals surface area contributed by atoms with Crippen LogP contribution in [0.1, 0.15) is 49.5 Å². The summed E-state index contributed by atoms with van der Waals surface area (Å²) in [6.45, 7) is 6.60. The molecule has 0 aromatic heterocycles. The molecule has 0 unspecified atom stereocenters. The minimum absolute atomic E-state index is 0.495. The Morgan fingerprint density at radius 1 is 1.05 bits per heavy atom. The maximum atomic E-state index is 9.79. The zero-order valence-corrected chi connectivity index (χ0v) is 14.2. The monoisotopic (exact) mass is 348 g/mol. The van der Waals surface area contributed by atoms with Gasteiger partial charge in [0.2, 0.25) is 0 Å². The molecule has 112 valence electrons. The number of hydrogen-bond donors (Lipinski definition) is 1. The number of halogens is 1. The van der Waals surface area contributed by atoms with Crippen molar-refractivity contribution >= 4 is 15.9 Å². The van der Waals surface area contributed by atoms with Gasteiger partial charge in [-0.2, -0.15) is 0 Å². The highest BCUT2D eigenvalue weighted by atomic mass is 79.9. The average molecular weight is 349 g/mol. The Morgan fingerprint density at radius 3 is 2.29 bits per heavy atom. The summed E-state index contributed by atoms with van der Waals surface area (Å²) in [5.41, 5.74) is 3.25. The Morgan fingerprint density at radius 2 is 1.71 bits per heavy atom. The van der Waals surface area contributed by atoms with E-state index in [0.717, 1.165) is 15.6 Å². The van der Waals surface area contributed by atoms with Crippen LogP contribution in [0.5, 0.6) is 5.75 Å². The van der Waals surface area contributed by atoms with Crippen molar-refractivity contribution in [3.05, 3.63) is 63.6 Å². The topological polar surface area (TPSA) is 29.5 Å². The van der Waals surface area contributed by atoms with Crippen molar-refractivity contribution in [2.45, 2.75) is 39.4 Å². The third kappa shape index (κ3) is 4.32. The zero-order chi connectivity index (χ0) is 15.4. The third-order valence-corrected chi connectivity index (χ3v) is 3.96. The average Bonchev–Trinajstić information content (AvgIpc) is 2.45. The van der Waals surface area contributed by atoms with Gasteiger partial charge in [0.1, 0.15) is 12.4 Å². The number of rotatable bonds is 5. The SMILES string of the molecule is CC(C)c1ccc(COc2cc(Br)ccc2[C@@H](C)O)cc1. The molecule has 3 heteroatoms. The van der Waals surface area contributed by atoms with Crippen molar-refractivity contribution in [2.75, 3.05) is 0 Å². The summed E-state index contributed by atoms with van der Waals surface area (Å²) < 4.78 is 6.82. The molecular weight excluding hydrogens is 328 g/mol. The van der Waals surface area contributed by atoms with E-state index in [4.69, 9.17) is 4.74 Å². The van der Waals surface area contributed by atoms with E-state index < -0.39 is 6.10 Å². The molecule has 21 heavy (non-hydrogen) atoms. The molecule has 2 rings (SSSR count). The zero-order valence-electron chi connectivity index (χ0n) is 12.6. The molecular formula is C18H21BrO2. The Hall–Kier alpha value is -1.32. The van der Waals surface area contributed by atoms with Gasteiger partial charge in [0.05, 0.1) is 6.10 Å². The third-order valence-electron chi connectivity index (χ3n) is 3.47. The molecule has 0 aliphatic carbocycles. The summed E-state index contributed by atoms with van der Waals surface area (Å²) in [6, 6.07) is 14.1. The van der Waals surface area contributed by atoms with Crippen LogP contribution in [0.4, 0.5) is 0 Å². The first-order valence-electron chi connectivity index (χ1n) is 7.16. The largest absolute Gasteiger partial charge is 0.488 e. The normalized spacial score (nSPS) is 12.5. The molecule has 1 atom stereocenters. The fourth-order valence-corrected chi connectivity index (χ4v) is 2.48. The van der Waals surface area contributed by atoms with Crippen LogP contribution in [0.3, 0.4) is 0 Å². The maximum Gasteiger partial charge on any atom is 0.126 e. The molecule has 0 bridgehead atoms. The second-order valence-corrected chi connectivity index (χ2v) is 6.46. The Labute approximate surface area is 134 Å². The minimum Gasteiger partial charge on any atom is -0.488 e. The molecule has 2 aromatic carbocycles. The number of ether oxygens (including phenoxy) is 1. The van der Waals surface area contributed by atoms with Crippen molar-refractivity contribution in [1.29, 1.82) is 0 Å². The standard InChI is InChI=1S/C18H21BrO2/c1-12(2)15-6-4-14(5-7-15)11-21-18-10-16(19)8-9-17(18)13(3)20/h4-10,12-13,20H,11H2,1-3H3/t13-/m1/s1. The first-order chi connectivity index (χ1) is 9.97. The lowest BCUT2D eigenvalue weighted by atomic mass is 10.0. The molecule has 2 nitrogen and oxygen atoms in total. The van der Waals surface area contributed by atoms with E-state index in [1.807, 2.05) is 18.2 Å². The Kier molecular flexibility index (Phi) is 5.43. The minimum atomic E-state index is -0.545. The number of aliphatic hydroxyl groups is 1. The lowest BCUT2D eigenvalue weighted by molar-refractivity contribution is 0.190. The highest BCUT2D eigenvalue weighted by Crippen LogP contribution is 2.29. The summed E-state index contributed by atoms with van der Waals surface area (Å²) in [4.78, 5) is 0. The molecule has 0 fully saturated rings. The highest BCUT2D eigenvalue weighted by Gasteiger charge is 2.10. The number of aliphatic hydroxyl groups excluding tert-OH is 1. The van der Waals surface area contributed by atoms with Gasteiger partial charge < -0.3 is 9.84 Å². The van der Waals surface area contributed by atoms with Gasteiger partial charge in [0.15, 0.2) is 0 Å². The van der Waals surface area contributed by atoms with Crippen LogP contribution in [-0.2, 0) is 6.61 Å². The van der Waals surface area contributed by atoms with Crippen molar-refractivity contribution in [3.63, 3.8) is 0 Å². The quantitative estimate of drug-likeness (QED) is 0.803. The summed E-state index contributed by atoms with van der Waals surface area (Å²) in [5.74, 6) is 1.25. The van der Waals surface area contributed by atoms with Gasteiger partial charge in [-0.05, 0) is 36.1 Å².